The number of anilines is 2. The Morgan fingerprint density at radius 1 is 1.15 bits per heavy atom. The number of nitrogens with one attached hydrogen (secondary N) is 1. The third-order valence-corrected chi connectivity index (χ3v) is 4.26. The van der Waals surface area contributed by atoms with E-state index >= 15 is 0 Å². The van der Waals surface area contributed by atoms with E-state index in [-0.39, 0.29) is 5.91 Å². The van der Waals surface area contributed by atoms with Crippen LogP contribution in [-0.4, -0.2) is 15.5 Å². The maximum atomic E-state index is 12.4. The molecule has 1 aliphatic rings. The van der Waals surface area contributed by atoms with E-state index in [1.54, 1.807) is 6.20 Å². The van der Waals surface area contributed by atoms with E-state index < -0.39 is 0 Å². The number of amides is 1. The molecule has 3 N–H and O–H groups in total. The highest BCUT2D eigenvalue weighted by Gasteiger charge is 2.18. The van der Waals surface area contributed by atoms with E-state index in [0.29, 0.717) is 18.9 Å². The van der Waals surface area contributed by atoms with Gasteiger partial charge in [0.15, 0.2) is 0 Å². The number of carbonyl (C=O) groups is 1. The van der Waals surface area contributed by atoms with Crippen LogP contribution in [0.15, 0.2) is 67.0 Å². The zero-order valence-electron chi connectivity index (χ0n) is 14.2. The Kier molecular flexibility index (Phi) is 4.25. The van der Waals surface area contributed by atoms with Gasteiger partial charge in [-0.25, -0.2) is 4.98 Å². The molecule has 1 amide bonds. The summed E-state index contributed by atoms with van der Waals surface area (Å²) in [6, 6.07) is 17.5. The number of nitrogens with zero attached hydrogens (tertiary/aromatic N) is 3. The van der Waals surface area contributed by atoms with Crippen LogP contribution in [0.4, 0.5) is 11.4 Å². The summed E-state index contributed by atoms with van der Waals surface area (Å²) in [4.78, 5) is 18.9. The van der Waals surface area contributed by atoms with Crippen molar-refractivity contribution >= 4 is 23.4 Å². The normalized spacial score (nSPS) is 12.7. The SMILES string of the molecule is NCc1cccc(N2C=Cc3nc(C(=O)Nc4ccccc4)cn3C2)c1. The fraction of sp³-hybridized carbons (Fsp3) is 0.100. The molecule has 6 heteroatoms. The fourth-order valence-electron chi connectivity index (χ4n) is 2.90. The fourth-order valence-corrected chi connectivity index (χ4v) is 2.90. The smallest absolute Gasteiger partial charge is 0.275 e. The van der Waals surface area contributed by atoms with E-state index in [9.17, 15) is 4.79 Å². The highest BCUT2D eigenvalue weighted by Crippen LogP contribution is 2.22. The van der Waals surface area contributed by atoms with Gasteiger partial charge >= 0.3 is 0 Å². The molecular weight excluding hydrogens is 326 g/mol. The molecule has 0 saturated heterocycles. The lowest BCUT2D eigenvalue weighted by atomic mass is 10.2. The maximum absolute atomic E-state index is 12.4. The predicted molar refractivity (Wildman–Crippen MR) is 102 cm³/mol. The van der Waals surface area contributed by atoms with Crippen LogP contribution in [0.3, 0.4) is 0 Å². The van der Waals surface area contributed by atoms with Crippen molar-refractivity contribution < 1.29 is 4.79 Å². The maximum Gasteiger partial charge on any atom is 0.275 e. The van der Waals surface area contributed by atoms with Crippen molar-refractivity contribution in [1.82, 2.24) is 9.55 Å². The van der Waals surface area contributed by atoms with E-state index in [4.69, 9.17) is 5.73 Å². The van der Waals surface area contributed by atoms with Crippen molar-refractivity contribution in [2.45, 2.75) is 13.2 Å². The van der Waals surface area contributed by atoms with Crippen LogP contribution >= 0.6 is 0 Å². The highest BCUT2D eigenvalue weighted by atomic mass is 16.1. The quantitative estimate of drug-likeness (QED) is 0.762. The Hall–Kier alpha value is -3.38. The van der Waals surface area contributed by atoms with Crippen LogP contribution in [0.25, 0.3) is 6.08 Å². The summed E-state index contributed by atoms with van der Waals surface area (Å²) in [5.74, 6) is 0.539. The number of benzene rings is 2. The van der Waals surface area contributed by atoms with Crippen LogP contribution in [0.1, 0.15) is 21.9 Å². The molecule has 0 aliphatic carbocycles. The zero-order valence-corrected chi connectivity index (χ0v) is 14.2. The van der Waals surface area contributed by atoms with Gasteiger partial charge in [-0.1, -0.05) is 30.3 Å². The van der Waals surface area contributed by atoms with Gasteiger partial charge in [0, 0.05) is 30.3 Å². The van der Waals surface area contributed by atoms with Crippen molar-refractivity contribution in [2.75, 3.05) is 10.2 Å². The Bertz CT molecular complexity index is 961. The van der Waals surface area contributed by atoms with Gasteiger partial charge < -0.3 is 20.5 Å². The predicted octanol–water partition coefficient (Wildman–Crippen LogP) is 3.04. The van der Waals surface area contributed by atoms with Crippen molar-refractivity contribution in [3.63, 3.8) is 0 Å². The monoisotopic (exact) mass is 345 g/mol. The molecule has 0 spiro atoms. The Balaban J connectivity index is 1.52. The molecule has 6 nitrogen and oxygen atoms in total. The van der Waals surface area contributed by atoms with Crippen LogP contribution < -0.4 is 16.0 Å². The number of aromatic nitrogens is 2. The Morgan fingerprint density at radius 3 is 2.81 bits per heavy atom. The molecule has 2 aromatic carbocycles. The van der Waals surface area contributed by atoms with Crippen molar-refractivity contribution in [3.8, 4) is 0 Å². The minimum absolute atomic E-state index is 0.219. The molecule has 26 heavy (non-hydrogen) atoms. The van der Waals surface area contributed by atoms with Crippen molar-refractivity contribution in [2.24, 2.45) is 5.73 Å². The second-order valence-electron chi connectivity index (χ2n) is 6.08. The Morgan fingerprint density at radius 2 is 2.00 bits per heavy atom. The van der Waals surface area contributed by atoms with Gasteiger partial charge in [0.25, 0.3) is 5.91 Å². The van der Waals surface area contributed by atoms with Gasteiger partial charge in [0.05, 0.1) is 0 Å². The first-order valence-corrected chi connectivity index (χ1v) is 8.40. The molecule has 0 radical (unpaired) electrons. The van der Waals surface area contributed by atoms with Gasteiger partial charge in [-0.3, -0.25) is 4.79 Å². The summed E-state index contributed by atoms with van der Waals surface area (Å²) in [5.41, 5.74) is 9.01. The summed E-state index contributed by atoms with van der Waals surface area (Å²) in [6.07, 6.45) is 5.64. The van der Waals surface area contributed by atoms with Gasteiger partial charge in [-0.05, 0) is 35.9 Å². The third kappa shape index (κ3) is 3.22. The van der Waals surface area contributed by atoms with Gasteiger partial charge in [0.2, 0.25) is 0 Å². The molecule has 1 aromatic heterocycles. The molecule has 4 rings (SSSR count). The van der Waals surface area contributed by atoms with E-state index in [0.717, 1.165) is 22.8 Å². The summed E-state index contributed by atoms with van der Waals surface area (Å²) in [6.45, 7) is 1.09. The Labute approximate surface area is 151 Å². The average molecular weight is 345 g/mol. The number of para-hydroxylation sites is 1. The first-order chi connectivity index (χ1) is 12.7. The number of hydrogen-bond donors (Lipinski definition) is 2. The summed E-state index contributed by atoms with van der Waals surface area (Å²) < 4.78 is 1.95. The first kappa shape index (κ1) is 16.1. The lowest BCUT2D eigenvalue weighted by Crippen LogP contribution is -2.24. The van der Waals surface area contributed by atoms with Gasteiger partial charge in [-0.2, -0.15) is 0 Å². The molecule has 0 unspecified atom stereocenters. The van der Waals surface area contributed by atoms with Crippen molar-refractivity contribution in [3.05, 3.63) is 84.1 Å². The van der Waals surface area contributed by atoms with E-state index in [2.05, 4.69) is 21.3 Å². The summed E-state index contributed by atoms with van der Waals surface area (Å²) >= 11 is 0. The van der Waals surface area contributed by atoms with Crippen LogP contribution in [0.2, 0.25) is 0 Å². The lowest BCUT2D eigenvalue weighted by molar-refractivity contribution is 0.102. The lowest BCUT2D eigenvalue weighted by Gasteiger charge is -2.25. The highest BCUT2D eigenvalue weighted by molar-refractivity contribution is 6.02. The summed E-state index contributed by atoms with van der Waals surface area (Å²) in [5, 5.41) is 2.86. The molecule has 0 bridgehead atoms. The summed E-state index contributed by atoms with van der Waals surface area (Å²) in [7, 11) is 0. The molecule has 130 valence electrons. The number of fused-ring (bicyclic) bond motifs is 1. The average Bonchev–Trinajstić information content (AvgIpc) is 3.12. The molecule has 0 saturated carbocycles. The number of nitrogens with two attached hydrogens (primary N) is 1. The first-order valence-electron chi connectivity index (χ1n) is 8.40. The molecule has 0 atom stereocenters. The minimum Gasteiger partial charge on any atom is -0.329 e. The molecule has 0 fully saturated rings. The van der Waals surface area contributed by atoms with E-state index in [1.165, 1.54) is 0 Å². The third-order valence-electron chi connectivity index (χ3n) is 4.26. The van der Waals surface area contributed by atoms with Crippen LogP contribution in [0, 0.1) is 0 Å². The zero-order chi connectivity index (χ0) is 17.9. The standard InChI is InChI=1S/C20H19N5O/c21-12-15-5-4-8-17(11-15)24-10-9-19-23-18(13-25(19)14-24)20(26)22-16-6-2-1-3-7-16/h1-11,13H,12,14,21H2,(H,22,26). The molecule has 1 aliphatic heterocycles. The molecule has 3 aromatic rings. The molecular formula is C20H19N5O. The van der Waals surface area contributed by atoms with E-state index in [1.807, 2.05) is 65.4 Å². The largest absolute Gasteiger partial charge is 0.329 e. The van der Waals surface area contributed by atoms with Crippen molar-refractivity contribution in [1.29, 1.82) is 0 Å². The number of carbonyl (C=O) groups excluding carboxylic acids is 1. The molecule has 2 heterocycles. The number of hydrogen-bond acceptors (Lipinski definition) is 4. The number of imidazole rings is 1. The minimum atomic E-state index is -0.219. The van der Waals surface area contributed by atoms with Gasteiger partial charge in [0.1, 0.15) is 18.2 Å². The topological polar surface area (TPSA) is 76.2 Å². The van der Waals surface area contributed by atoms with Crippen LogP contribution in [-0.2, 0) is 13.2 Å². The second kappa shape index (κ2) is 6.85. The van der Waals surface area contributed by atoms with Gasteiger partial charge in [-0.15, -0.1) is 0 Å². The van der Waals surface area contributed by atoms with Crippen LogP contribution in [0.5, 0.6) is 0 Å². The number of rotatable bonds is 4. The second-order valence-corrected chi connectivity index (χ2v) is 6.08.